The summed E-state index contributed by atoms with van der Waals surface area (Å²) >= 11 is 17.5. The standard InChI is InChI=1S/C16H11Cl3N2O3/c17-11-5-6-13(20-8-11)21-14(22)9-24-15(23)7-4-10-2-1-3-12(18)16(10)19/h1-8H,9H2,(H,20,21,22)/b7-4+. The minimum Gasteiger partial charge on any atom is -0.452 e. The van der Waals surface area contributed by atoms with Crippen LogP contribution in [0, 0.1) is 0 Å². The zero-order valence-corrected chi connectivity index (χ0v) is 14.4. The average Bonchev–Trinajstić information content (AvgIpc) is 2.56. The van der Waals surface area contributed by atoms with Crippen LogP contribution in [0.25, 0.3) is 6.08 Å². The number of esters is 1. The number of pyridine rings is 1. The molecule has 2 rings (SSSR count). The van der Waals surface area contributed by atoms with Crippen LogP contribution >= 0.6 is 34.8 Å². The smallest absolute Gasteiger partial charge is 0.331 e. The molecule has 0 aliphatic carbocycles. The Labute approximate surface area is 153 Å². The monoisotopic (exact) mass is 384 g/mol. The predicted molar refractivity (Wildman–Crippen MR) is 94.3 cm³/mol. The van der Waals surface area contributed by atoms with Crippen molar-refractivity contribution in [3.63, 3.8) is 0 Å². The minimum atomic E-state index is -0.690. The van der Waals surface area contributed by atoms with Gasteiger partial charge in [0.1, 0.15) is 5.82 Å². The summed E-state index contributed by atoms with van der Waals surface area (Å²) in [5.74, 6) is -0.903. The number of carbonyl (C=O) groups is 2. The van der Waals surface area contributed by atoms with Gasteiger partial charge in [-0.15, -0.1) is 0 Å². The van der Waals surface area contributed by atoms with E-state index >= 15 is 0 Å². The van der Waals surface area contributed by atoms with Crippen LogP contribution in [0.2, 0.25) is 15.1 Å². The maximum atomic E-state index is 11.7. The Morgan fingerprint density at radius 3 is 2.67 bits per heavy atom. The highest BCUT2D eigenvalue weighted by Gasteiger charge is 2.07. The number of nitrogens with zero attached hydrogens (tertiary/aromatic N) is 1. The van der Waals surface area contributed by atoms with Crippen molar-refractivity contribution in [1.29, 1.82) is 0 Å². The Kier molecular flexibility index (Phi) is 6.61. The Morgan fingerprint density at radius 1 is 1.17 bits per heavy atom. The second-order valence-electron chi connectivity index (χ2n) is 4.49. The highest BCUT2D eigenvalue weighted by atomic mass is 35.5. The summed E-state index contributed by atoms with van der Waals surface area (Å²) < 4.78 is 4.82. The summed E-state index contributed by atoms with van der Waals surface area (Å²) in [6.45, 7) is -0.448. The first-order valence-corrected chi connectivity index (χ1v) is 7.79. The number of aromatic nitrogens is 1. The summed E-state index contributed by atoms with van der Waals surface area (Å²) in [6.07, 6.45) is 4.00. The van der Waals surface area contributed by atoms with Crippen LogP contribution in [0.1, 0.15) is 5.56 Å². The first-order chi connectivity index (χ1) is 11.5. The molecule has 1 aromatic heterocycles. The lowest BCUT2D eigenvalue weighted by Gasteiger charge is -2.04. The number of hydrogen-bond acceptors (Lipinski definition) is 4. The van der Waals surface area contributed by atoms with Gasteiger partial charge in [0, 0.05) is 12.3 Å². The van der Waals surface area contributed by atoms with Gasteiger partial charge in [-0.1, -0.05) is 46.9 Å². The van der Waals surface area contributed by atoms with Crippen molar-refractivity contribution in [3.05, 3.63) is 63.2 Å². The highest BCUT2D eigenvalue weighted by molar-refractivity contribution is 6.42. The van der Waals surface area contributed by atoms with Crippen LogP contribution in [0.3, 0.4) is 0 Å². The van der Waals surface area contributed by atoms with Gasteiger partial charge in [0.2, 0.25) is 0 Å². The molecular formula is C16H11Cl3N2O3. The van der Waals surface area contributed by atoms with E-state index in [-0.39, 0.29) is 0 Å². The van der Waals surface area contributed by atoms with Crippen LogP contribution in [0.5, 0.6) is 0 Å². The van der Waals surface area contributed by atoms with Crippen molar-refractivity contribution in [2.45, 2.75) is 0 Å². The fourth-order valence-corrected chi connectivity index (χ4v) is 2.10. The van der Waals surface area contributed by atoms with E-state index in [0.29, 0.717) is 26.4 Å². The van der Waals surface area contributed by atoms with Gasteiger partial charge in [0.15, 0.2) is 6.61 Å². The third kappa shape index (κ3) is 5.53. The van der Waals surface area contributed by atoms with Crippen molar-refractivity contribution in [3.8, 4) is 0 Å². The molecule has 0 bridgehead atoms. The molecular weight excluding hydrogens is 375 g/mol. The highest BCUT2D eigenvalue weighted by Crippen LogP contribution is 2.26. The van der Waals surface area contributed by atoms with E-state index in [2.05, 4.69) is 10.3 Å². The molecule has 24 heavy (non-hydrogen) atoms. The quantitative estimate of drug-likeness (QED) is 0.617. The van der Waals surface area contributed by atoms with Crippen LogP contribution in [-0.2, 0) is 14.3 Å². The molecule has 5 nitrogen and oxygen atoms in total. The number of hydrogen-bond donors (Lipinski definition) is 1. The maximum absolute atomic E-state index is 11.7. The second-order valence-corrected chi connectivity index (χ2v) is 5.72. The van der Waals surface area contributed by atoms with Gasteiger partial charge in [0.05, 0.1) is 15.1 Å². The molecule has 2 aromatic rings. The third-order valence-corrected chi connectivity index (χ3v) is 3.78. The molecule has 0 spiro atoms. The zero-order chi connectivity index (χ0) is 17.5. The van der Waals surface area contributed by atoms with Gasteiger partial charge in [0.25, 0.3) is 5.91 Å². The van der Waals surface area contributed by atoms with Crippen molar-refractivity contribution >= 4 is 58.6 Å². The maximum Gasteiger partial charge on any atom is 0.331 e. The van der Waals surface area contributed by atoms with E-state index in [1.165, 1.54) is 18.3 Å². The van der Waals surface area contributed by atoms with Crippen LogP contribution in [0.15, 0.2) is 42.6 Å². The Hall–Kier alpha value is -2.08. The lowest BCUT2D eigenvalue weighted by atomic mass is 10.2. The van der Waals surface area contributed by atoms with Crippen LogP contribution in [0.4, 0.5) is 5.82 Å². The van der Waals surface area contributed by atoms with Crippen molar-refractivity contribution in [2.24, 2.45) is 0 Å². The van der Waals surface area contributed by atoms with Crippen molar-refractivity contribution in [1.82, 2.24) is 4.98 Å². The van der Waals surface area contributed by atoms with Gasteiger partial charge in [-0.2, -0.15) is 0 Å². The molecule has 1 heterocycles. The molecule has 0 atom stereocenters. The van der Waals surface area contributed by atoms with Gasteiger partial charge < -0.3 is 10.1 Å². The molecule has 8 heteroatoms. The number of ether oxygens (including phenoxy) is 1. The molecule has 124 valence electrons. The van der Waals surface area contributed by atoms with E-state index < -0.39 is 18.5 Å². The fourth-order valence-electron chi connectivity index (χ4n) is 1.62. The lowest BCUT2D eigenvalue weighted by molar-refractivity contribution is -0.142. The summed E-state index contributed by atoms with van der Waals surface area (Å²) in [4.78, 5) is 27.2. The van der Waals surface area contributed by atoms with E-state index in [4.69, 9.17) is 39.5 Å². The van der Waals surface area contributed by atoms with E-state index in [9.17, 15) is 9.59 Å². The molecule has 0 aliphatic heterocycles. The van der Waals surface area contributed by atoms with Crippen LogP contribution < -0.4 is 5.32 Å². The van der Waals surface area contributed by atoms with Crippen molar-refractivity contribution in [2.75, 3.05) is 11.9 Å². The second kappa shape index (κ2) is 8.68. The number of anilines is 1. The SMILES string of the molecule is O=C(COC(=O)/C=C/c1cccc(Cl)c1Cl)Nc1ccc(Cl)cn1. The largest absolute Gasteiger partial charge is 0.452 e. The molecule has 0 saturated heterocycles. The first-order valence-electron chi connectivity index (χ1n) is 6.66. The van der Waals surface area contributed by atoms with Gasteiger partial charge in [-0.3, -0.25) is 4.79 Å². The summed E-state index contributed by atoms with van der Waals surface area (Å²) in [7, 11) is 0. The lowest BCUT2D eigenvalue weighted by Crippen LogP contribution is -2.20. The van der Waals surface area contributed by atoms with Gasteiger partial charge in [-0.05, 0) is 29.8 Å². The minimum absolute atomic E-state index is 0.307. The Morgan fingerprint density at radius 2 is 1.96 bits per heavy atom. The molecule has 0 radical (unpaired) electrons. The van der Waals surface area contributed by atoms with Gasteiger partial charge in [-0.25, -0.2) is 9.78 Å². The molecule has 1 amide bonds. The fraction of sp³-hybridized carbons (Fsp3) is 0.0625. The number of halogens is 3. The molecule has 1 aromatic carbocycles. The van der Waals surface area contributed by atoms with E-state index in [1.54, 1.807) is 24.3 Å². The van der Waals surface area contributed by atoms with E-state index in [1.807, 2.05) is 0 Å². The molecule has 1 N–H and O–H groups in total. The third-order valence-electron chi connectivity index (χ3n) is 2.72. The average molecular weight is 386 g/mol. The van der Waals surface area contributed by atoms with Gasteiger partial charge >= 0.3 is 5.97 Å². The normalized spacial score (nSPS) is 10.6. The molecule has 0 fully saturated rings. The summed E-state index contributed by atoms with van der Waals surface area (Å²) in [6, 6.07) is 8.13. The topological polar surface area (TPSA) is 68.3 Å². The number of rotatable bonds is 5. The number of benzene rings is 1. The van der Waals surface area contributed by atoms with Crippen molar-refractivity contribution < 1.29 is 14.3 Å². The van der Waals surface area contributed by atoms with Crippen LogP contribution in [-0.4, -0.2) is 23.5 Å². The summed E-state index contributed by atoms with van der Waals surface area (Å²) in [5.41, 5.74) is 0.566. The Balaban J connectivity index is 1.84. The molecule has 0 saturated carbocycles. The number of carbonyl (C=O) groups excluding carboxylic acids is 2. The van der Waals surface area contributed by atoms with E-state index in [0.717, 1.165) is 6.08 Å². The molecule has 0 aliphatic rings. The predicted octanol–water partition coefficient (Wildman–Crippen LogP) is 4.24. The number of nitrogens with one attached hydrogen (secondary N) is 1. The molecule has 0 unspecified atom stereocenters. The zero-order valence-electron chi connectivity index (χ0n) is 12.1. The Bertz CT molecular complexity index is 777. The first kappa shape index (κ1) is 18.3. The summed E-state index contributed by atoms with van der Waals surface area (Å²) in [5, 5.41) is 3.62. The number of amides is 1.